The average Bonchev–Trinajstić information content (AvgIpc) is 2.95. The smallest absolute Gasteiger partial charge is 0.413 e. The van der Waals surface area contributed by atoms with Crippen molar-refractivity contribution in [2.45, 2.75) is 19.9 Å². The number of anilines is 1. The number of nitrogens with one attached hydrogen (secondary N) is 1. The number of benzene rings is 1. The van der Waals surface area contributed by atoms with Gasteiger partial charge in [0.1, 0.15) is 17.2 Å². The Morgan fingerprint density at radius 3 is 2.76 bits per heavy atom. The molecule has 2 aromatic rings. The lowest BCUT2D eigenvalue weighted by molar-refractivity contribution is 0.0726. The van der Waals surface area contributed by atoms with Crippen LogP contribution >= 0.6 is 11.3 Å². The number of carbonyl (C=O) groups excluding carboxylic acids is 2. The summed E-state index contributed by atoms with van der Waals surface area (Å²) in [7, 11) is 0. The molecule has 1 N–H and O–H groups in total. The predicted molar refractivity (Wildman–Crippen MR) is 87.6 cm³/mol. The number of rotatable bonds is 3. The van der Waals surface area contributed by atoms with Crippen molar-refractivity contribution in [3.8, 4) is 0 Å². The number of carbonyl (C=O) groups is 2. The van der Waals surface area contributed by atoms with Crippen LogP contribution in [0.25, 0.3) is 0 Å². The molecule has 0 saturated carbocycles. The Balaban J connectivity index is 1.76. The maximum Gasteiger partial charge on any atom is 0.413 e. The number of amides is 2. The van der Waals surface area contributed by atoms with E-state index in [1.807, 2.05) is 0 Å². The fourth-order valence-electron chi connectivity index (χ4n) is 2.54. The molecule has 0 radical (unpaired) electrons. The standard InChI is InChI=1S/C16H15F2N3O3S/c1-2-24-16(23)20-15-19-11-6-7-21(8-12(11)25-15)14(22)13-9(17)4-3-5-10(13)18/h3-5H,2,6-8H2,1H3,(H,19,20,23). The van der Waals surface area contributed by atoms with Gasteiger partial charge in [-0.05, 0) is 19.1 Å². The van der Waals surface area contributed by atoms with Gasteiger partial charge < -0.3 is 9.64 Å². The number of hydrogen-bond acceptors (Lipinski definition) is 5. The quantitative estimate of drug-likeness (QED) is 0.904. The molecular weight excluding hydrogens is 352 g/mol. The van der Waals surface area contributed by atoms with Crippen LogP contribution in [0.4, 0.5) is 18.7 Å². The highest BCUT2D eigenvalue weighted by Gasteiger charge is 2.28. The molecule has 1 aromatic carbocycles. The van der Waals surface area contributed by atoms with Crippen LogP contribution < -0.4 is 5.32 Å². The second-order valence-corrected chi connectivity index (χ2v) is 6.39. The van der Waals surface area contributed by atoms with Crippen LogP contribution in [0, 0.1) is 11.6 Å². The van der Waals surface area contributed by atoms with Crippen molar-refractivity contribution < 1.29 is 23.1 Å². The van der Waals surface area contributed by atoms with E-state index in [2.05, 4.69) is 10.3 Å². The first-order chi connectivity index (χ1) is 12.0. The molecule has 1 aliphatic heterocycles. The Hall–Kier alpha value is -2.55. The number of halogens is 2. The van der Waals surface area contributed by atoms with Crippen LogP contribution in [0.3, 0.4) is 0 Å². The predicted octanol–water partition coefficient (Wildman–Crippen LogP) is 3.19. The number of aromatic nitrogens is 1. The normalized spacial score (nSPS) is 13.3. The van der Waals surface area contributed by atoms with E-state index in [-0.39, 0.29) is 13.2 Å². The molecule has 0 aliphatic carbocycles. The fourth-order valence-corrected chi connectivity index (χ4v) is 3.55. The molecule has 3 rings (SSSR count). The van der Waals surface area contributed by atoms with Gasteiger partial charge in [-0.1, -0.05) is 17.4 Å². The van der Waals surface area contributed by atoms with Gasteiger partial charge in [0.15, 0.2) is 5.13 Å². The summed E-state index contributed by atoms with van der Waals surface area (Å²) in [5, 5.41) is 2.89. The lowest BCUT2D eigenvalue weighted by atomic mass is 10.1. The van der Waals surface area contributed by atoms with E-state index in [0.29, 0.717) is 18.1 Å². The molecule has 25 heavy (non-hydrogen) atoms. The first-order valence-corrected chi connectivity index (χ1v) is 8.47. The molecule has 1 aliphatic rings. The van der Waals surface area contributed by atoms with Crippen molar-refractivity contribution in [3.63, 3.8) is 0 Å². The summed E-state index contributed by atoms with van der Waals surface area (Å²) in [5.41, 5.74) is 0.204. The van der Waals surface area contributed by atoms with Crippen LogP contribution in [-0.2, 0) is 17.7 Å². The van der Waals surface area contributed by atoms with E-state index < -0.39 is 29.2 Å². The average molecular weight is 367 g/mol. The van der Waals surface area contributed by atoms with Crippen LogP contribution in [0.15, 0.2) is 18.2 Å². The van der Waals surface area contributed by atoms with E-state index in [0.717, 1.165) is 22.7 Å². The number of thiazole rings is 1. The minimum absolute atomic E-state index is 0.185. The number of hydrogen-bond donors (Lipinski definition) is 1. The molecule has 0 atom stereocenters. The van der Waals surface area contributed by atoms with Crippen molar-refractivity contribution >= 4 is 28.5 Å². The van der Waals surface area contributed by atoms with Gasteiger partial charge in [0.05, 0.1) is 18.8 Å². The molecule has 132 valence electrons. The van der Waals surface area contributed by atoms with Gasteiger partial charge in [0.2, 0.25) is 0 Å². The highest BCUT2D eigenvalue weighted by atomic mass is 32.1. The minimum atomic E-state index is -0.884. The first kappa shape index (κ1) is 17.3. The van der Waals surface area contributed by atoms with E-state index in [1.54, 1.807) is 6.92 Å². The van der Waals surface area contributed by atoms with Crippen molar-refractivity contribution in [2.24, 2.45) is 0 Å². The molecule has 1 aromatic heterocycles. The van der Waals surface area contributed by atoms with Crippen molar-refractivity contribution in [1.82, 2.24) is 9.88 Å². The number of ether oxygens (including phenoxy) is 1. The van der Waals surface area contributed by atoms with E-state index in [4.69, 9.17) is 4.74 Å². The SMILES string of the molecule is CCOC(=O)Nc1nc2c(s1)CN(C(=O)c1c(F)cccc1F)CC2. The van der Waals surface area contributed by atoms with Gasteiger partial charge in [-0.15, -0.1) is 0 Å². The Morgan fingerprint density at radius 1 is 1.36 bits per heavy atom. The third kappa shape index (κ3) is 3.60. The van der Waals surface area contributed by atoms with E-state index >= 15 is 0 Å². The molecule has 9 heteroatoms. The summed E-state index contributed by atoms with van der Waals surface area (Å²) < 4.78 is 32.4. The van der Waals surface area contributed by atoms with Crippen LogP contribution in [0.1, 0.15) is 27.9 Å². The summed E-state index contributed by atoms with van der Waals surface area (Å²) in [5.74, 6) is -2.47. The summed E-state index contributed by atoms with van der Waals surface area (Å²) in [6.07, 6.45) is -0.159. The molecule has 0 fully saturated rings. The van der Waals surface area contributed by atoms with Crippen molar-refractivity contribution in [3.05, 3.63) is 46.0 Å². The Morgan fingerprint density at radius 2 is 2.08 bits per heavy atom. The number of fused-ring (bicyclic) bond motifs is 1. The fraction of sp³-hybridized carbons (Fsp3) is 0.312. The Labute approximate surface area is 146 Å². The summed E-state index contributed by atoms with van der Waals surface area (Å²) >= 11 is 1.21. The van der Waals surface area contributed by atoms with Crippen LogP contribution in [0.2, 0.25) is 0 Å². The molecular formula is C16H15F2N3O3S. The zero-order valence-electron chi connectivity index (χ0n) is 13.3. The molecule has 0 saturated heterocycles. The van der Waals surface area contributed by atoms with E-state index in [9.17, 15) is 18.4 Å². The Kier molecular flexibility index (Phi) is 4.93. The minimum Gasteiger partial charge on any atom is -0.450 e. The monoisotopic (exact) mass is 367 g/mol. The second-order valence-electron chi connectivity index (χ2n) is 5.31. The lowest BCUT2D eigenvalue weighted by Gasteiger charge is -2.26. The van der Waals surface area contributed by atoms with Crippen LogP contribution in [0.5, 0.6) is 0 Å². The molecule has 0 bridgehead atoms. The summed E-state index contributed by atoms with van der Waals surface area (Å²) in [4.78, 5) is 30.3. The first-order valence-electron chi connectivity index (χ1n) is 7.65. The topological polar surface area (TPSA) is 71.5 Å². The lowest BCUT2D eigenvalue weighted by Crippen LogP contribution is -2.36. The summed E-state index contributed by atoms with van der Waals surface area (Å²) in [6, 6.07) is 3.33. The maximum absolute atomic E-state index is 13.8. The molecule has 2 heterocycles. The molecule has 0 unspecified atom stereocenters. The molecule has 2 amide bonds. The third-order valence-corrected chi connectivity index (χ3v) is 4.68. The van der Waals surface area contributed by atoms with Gasteiger partial charge in [0, 0.05) is 17.8 Å². The molecule has 6 nitrogen and oxygen atoms in total. The summed E-state index contributed by atoms with van der Waals surface area (Å²) in [6.45, 7) is 2.41. The highest BCUT2D eigenvalue weighted by Crippen LogP contribution is 2.29. The van der Waals surface area contributed by atoms with Crippen LogP contribution in [-0.4, -0.2) is 35.0 Å². The zero-order chi connectivity index (χ0) is 18.0. The Bertz CT molecular complexity index is 805. The van der Waals surface area contributed by atoms with Gasteiger partial charge in [-0.2, -0.15) is 0 Å². The zero-order valence-corrected chi connectivity index (χ0v) is 14.2. The van der Waals surface area contributed by atoms with E-state index in [1.165, 1.54) is 22.3 Å². The van der Waals surface area contributed by atoms with Crippen molar-refractivity contribution in [1.29, 1.82) is 0 Å². The second kappa shape index (κ2) is 7.14. The third-order valence-electron chi connectivity index (χ3n) is 3.68. The highest BCUT2D eigenvalue weighted by molar-refractivity contribution is 7.15. The molecule has 0 spiro atoms. The van der Waals surface area contributed by atoms with Gasteiger partial charge in [0.25, 0.3) is 5.91 Å². The number of nitrogens with zero attached hydrogens (tertiary/aromatic N) is 2. The maximum atomic E-state index is 13.8. The van der Waals surface area contributed by atoms with Gasteiger partial charge >= 0.3 is 6.09 Å². The van der Waals surface area contributed by atoms with Gasteiger partial charge in [-0.25, -0.2) is 18.6 Å². The van der Waals surface area contributed by atoms with Crippen molar-refractivity contribution in [2.75, 3.05) is 18.5 Å². The van der Waals surface area contributed by atoms with Gasteiger partial charge in [-0.3, -0.25) is 10.1 Å². The largest absolute Gasteiger partial charge is 0.450 e.